The fraction of sp³-hybridized carbons (Fsp3) is 0.417. The lowest BCUT2D eigenvalue weighted by Crippen LogP contribution is -2.38. The molecule has 22 heavy (non-hydrogen) atoms. The summed E-state index contributed by atoms with van der Waals surface area (Å²) >= 11 is 0.624. The molecule has 0 aliphatic heterocycles. The molecule has 0 aliphatic carbocycles. The second-order valence-corrected chi connectivity index (χ2v) is 5.03. The number of aliphatic carboxylic acids is 1. The SMILES string of the molecule is CC(=O)N(c1cnc[nH]1)C(CC=O)SOC(=O)CCC(=O)O. The Bertz CT molecular complexity index is 533. The van der Waals surface area contributed by atoms with E-state index in [1.54, 1.807) is 0 Å². The van der Waals surface area contributed by atoms with Gasteiger partial charge in [0.05, 0.1) is 37.4 Å². The smallest absolute Gasteiger partial charge is 0.318 e. The summed E-state index contributed by atoms with van der Waals surface area (Å²) < 4.78 is 4.86. The average molecular weight is 329 g/mol. The van der Waals surface area contributed by atoms with Crippen molar-refractivity contribution in [3.8, 4) is 0 Å². The lowest BCUT2D eigenvalue weighted by molar-refractivity contribution is -0.141. The molecule has 1 amide bonds. The van der Waals surface area contributed by atoms with Crippen LogP contribution in [0.4, 0.5) is 5.82 Å². The molecule has 1 heterocycles. The van der Waals surface area contributed by atoms with Crippen molar-refractivity contribution in [2.24, 2.45) is 0 Å². The molecule has 1 atom stereocenters. The maximum atomic E-state index is 11.7. The van der Waals surface area contributed by atoms with Gasteiger partial charge < -0.3 is 19.1 Å². The minimum Gasteiger partial charge on any atom is -0.481 e. The number of H-pyrrole nitrogens is 1. The summed E-state index contributed by atoms with van der Waals surface area (Å²) in [7, 11) is 0. The summed E-state index contributed by atoms with van der Waals surface area (Å²) in [5.74, 6) is -1.87. The molecule has 10 heteroatoms. The minimum atomic E-state index is -1.12. The molecular formula is C12H15N3O6S. The molecule has 0 radical (unpaired) electrons. The summed E-state index contributed by atoms with van der Waals surface area (Å²) in [4.78, 5) is 52.1. The number of anilines is 1. The van der Waals surface area contributed by atoms with Crippen LogP contribution in [0.25, 0.3) is 0 Å². The highest BCUT2D eigenvalue weighted by molar-refractivity contribution is 7.95. The first-order valence-electron chi connectivity index (χ1n) is 6.25. The molecule has 2 N–H and O–H groups in total. The van der Waals surface area contributed by atoms with Gasteiger partial charge in [0.1, 0.15) is 17.5 Å². The van der Waals surface area contributed by atoms with Crippen LogP contribution in [-0.2, 0) is 23.4 Å². The molecule has 120 valence electrons. The molecule has 9 nitrogen and oxygen atoms in total. The van der Waals surface area contributed by atoms with Crippen LogP contribution in [0, 0.1) is 0 Å². The van der Waals surface area contributed by atoms with Crippen LogP contribution in [0.5, 0.6) is 0 Å². The number of aromatic amines is 1. The number of imidazole rings is 1. The third-order valence-corrected chi connectivity index (χ3v) is 3.37. The number of carbonyl (C=O) groups is 4. The molecule has 0 spiro atoms. The first kappa shape index (κ1) is 17.7. The molecular weight excluding hydrogens is 314 g/mol. The maximum absolute atomic E-state index is 11.7. The Morgan fingerprint density at radius 1 is 1.50 bits per heavy atom. The van der Waals surface area contributed by atoms with Gasteiger partial charge in [0.2, 0.25) is 5.91 Å². The zero-order chi connectivity index (χ0) is 16.5. The number of aldehydes is 1. The van der Waals surface area contributed by atoms with Crippen LogP contribution in [0.1, 0.15) is 26.2 Å². The van der Waals surface area contributed by atoms with Gasteiger partial charge in [-0.05, 0) is 0 Å². The van der Waals surface area contributed by atoms with E-state index >= 15 is 0 Å². The van der Waals surface area contributed by atoms with Gasteiger partial charge in [-0.1, -0.05) is 0 Å². The van der Waals surface area contributed by atoms with Crippen molar-refractivity contribution < 1.29 is 28.5 Å². The van der Waals surface area contributed by atoms with Crippen LogP contribution in [0.3, 0.4) is 0 Å². The van der Waals surface area contributed by atoms with E-state index < -0.39 is 17.3 Å². The van der Waals surface area contributed by atoms with Crippen molar-refractivity contribution in [1.29, 1.82) is 0 Å². The normalized spacial score (nSPS) is 11.5. The van der Waals surface area contributed by atoms with Gasteiger partial charge in [-0.25, -0.2) is 4.98 Å². The second-order valence-electron chi connectivity index (χ2n) is 4.13. The van der Waals surface area contributed by atoms with E-state index in [4.69, 9.17) is 9.29 Å². The zero-order valence-corrected chi connectivity index (χ0v) is 12.5. The zero-order valence-electron chi connectivity index (χ0n) is 11.7. The van der Waals surface area contributed by atoms with Gasteiger partial charge in [-0.2, -0.15) is 0 Å². The maximum Gasteiger partial charge on any atom is 0.318 e. The Labute approximate surface area is 130 Å². The topological polar surface area (TPSA) is 130 Å². The number of hydrogen-bond acceptors (Lipinski definition) is 7. The third-order valence-electron chi connectivity index (χ3n) is 2.46. The van der Waals surface area contributed by atoms with Gasteiger partial charge in [0.15, 0.2) is 0 Å². The van der Waals surface area contributed by atoms with Gasteiger partial charge in [0.25, 0.3) is 0 Å². The average Bonchev–Trinajstić information content (AvgIpc) is 2.96. The van der Waals surface area contributed by atoms with Crippen molar-refractivity contribution >= 4 is 42.0 Å². The monoisotopic (exact) mass is 329 g/mol. The fourth-order valence-corrected chi connectivity index (χ4v) is 2.34. The van der Waals surface area contributed by atoms with Crippen molar-refractivity contribution in [3.05, 3.63) is 12.5 Å². The molecule has 1 rings (SSSR count). The van der Waals surface area contributed by atoms with Gasteiger partial charge >= 0.3 is 11.9 Å². The highest BCUT2D eigenvalue weighted by Gasteiger charge is 2.26. The molecule has 0 aromatic carbocycles. The highest BCUT2D eigenvalue weighted by Crippen LogP contribution is 2.25. The number of hydrogen-bond donors (Lipinski definition) is 2. The minimum absolute atomic E-state index is 0.0739. The lowest BCUT2D eigenvalue weighted by Gasteiger charge is -2.26. The molecule has 0 aliphatic rings. The summed E-state index contributed by atoms with van der Waals surface area (Å²) in [6, 6.07) is 0. The van der Waals surface area contributed by atoms with E-state index in [1.165, 1.54) is 24.3 Å². The number of nitrogens with zero attached hydrogens (tertiary/aromatic N) is 2. The fourth-order valence-electron chi connectivity index (χ4n) is 1.54. The molecule has 0 bridgehead atoms. The molecule has 1 aromatic heterocycles. The Kier molecular flexibility index (Phi) is 7.09. The second kappa shape index (κ2) is 8.82. The van der Waals surface area contributed by atoms with E-state index in [0.717, 1.165) is 0 Å². The Balaban J connectivity index is 2.70. The van der Waals surface area contributed by atoms with Crippen molar-refractivity contribution in [2.45, 2.75) is 31.6 Å². The van der Waals surface area contributed by atoms with Gasteiger partial charge in [0, 0.05) is 13.3 Å². The van der Waals surface area contributed by atoms with E-state index in [-0.39, 0.29) is 25.2 Å². The first-order valence-corrected chi connectivity index (χ1v) is 7.06. The predicted molar refractivity (Wildman–Crippen MR) is 76.8 cm³/mol. The Morgan fingerprint density at radius 2 is 2.23 bits per heavy atom. The summed E-state index contributed by atoms with van der Waals surface area (Å²) in [6.07, 6.45) is 2.64. The van der Waals surface area contributed by atoms with Crippen LogP contribution in [0.15, 0.2) is 12.5 Å². The molecule has 0 saturated carbocycles. The van der Waals surface area contributed by atoms with E-state index in [0.29, 0.717) is 24.1 Å². The number of rotatable bonds is 9. The largest absolute Gasteiger partial charge is 0.481 e. The van der Waals surface area contributed by atoms with Gasteiger partial charge in [-0.3, -0.25) is 19.3 Å². The molecule has 1 unspecified atom stereocenters. The number of carboxylic acids is 1. The summed E-state index contributed by atoms with van der Waals surface area (Å²) in [5.41, 5.74) is 0. The number of nitrogens with one attached hydrogen (secondary N) is 1. The number of aromatic nitrogens is 2. The first-order chi connectivity index (χ1) is 10.5. The lowest BCUT2D eigenvalue weighted by atomic mass is 10.3. The van der Waals surface area contributed by atoms with Crippen LogP contribution in [-0.4, -0.2) is 44.6 Å². The molecule has 1 aromatic rings. The Hall–Kier alpha value is -2.36. The number of carboxylic acid groups (broad SMARTS) is 1. The van der Waals surface area contributed by atoms with Crippen LogP contribution >= 0.6 is 12.0 Å². The van der Waals surface area contributed by atoms with Crippen molar-refractivity contribution in [2.75, 3.05) is 4.90 Å². The number of carbonyl (C=O) groups excluding carboxylic acids is 3. The van der Waals surface area contributed by atoms with Crippen LogP contribution in [0.2, 0.25) is 0 Å². The van der Waals surface area contributed by atoms with Crippen LogP contribution < -0.4 is 4.90 Å². The summed E-state index contributed by atoms with van der Waals surface area (Å²) in [5, 5.41) is 7.71. The van der Waals surface area contributed by atoms with Crippen molar-refractivity contribution in [3.63, 3.8) is 0 Å². The summed E-state index contributed by atoms with van der Waals surface area (Å²) in [6.45, 7) is 1.30. The molecule has 0 saturated heterocycles. The van der Waals surface area contributed by atoms with Gasteiger partial charge in [-0.15, -0.1) is 0 Å². The standard InChI is InChI=1S/C12H15N3O6S/c1-8(17)15(9-6-13-7-14-9)10(4-5-16)22-21-12(20)3-2-11(18)19/h5-7,10H,2-4H2,1H3,(H,13,14)(H,18,19). The van der Waals surface area contributed by atoms with E-state index in [9.17, 15) is 19.2 Å². The number of amides is 1. The third kappa shape index (κ3) is 5.56. The molecule has 0 fully saturated rings. The Morgan fingerprint density at radius 3 is 2.73 bits per heavy atom. The highest BCUT2D eigenvalue weighted by atomic mass is 32.2. The quantitative estimate of drug-likeness (QED) is 0.385. The van der Waals surface area contributed by atoms with E-state index in [2.05, 4.69) is 9.97 Å². The predicted octanol–water partition coefficient (Wildman–Crippen LogP) is 0.734. The van der Waals surface area contributed by atoms with E-state index in [1.807, 2.05) is 0 Å². The van der Waals surface area contributed by atoms with Crippen molar-refractivity contribution in [1.82, 2.24) is 9.97 Å².